The summed E-state index contributed by atoms with van der Waals surface area (Å²) in [6.45, 7) is 3.77. The number of hydrogen-bond donors (Lipinski definition) is 2. The van der Waals surface area contributed by atoms with Crippen LogP contribution in [0.5, 0.6) is 0 Å². The van der Waals surface area contributed by atoms with Crippen molar-refractivity contribution in [2.45, 2.75) is 24.8 Å². The molecule has 3 unspecified atom stereocenters. The molecule has 2 aliphatic rings. The van der Waals surface area contributed by atoms with Gasteiger partial charge in [0.25, 0.3) is 0 Å². The van der Waals surface area contributed by atoms with Crippen LogP contribution in [0.4, 0.5) is 5.69 Å². The zero-order chi connectivity index (χ0) is 22.4. The van der Waals surface area contributed by atoms with Crippen LogP contribution in [-0.4, -0.2) is 30.0 Å². The molecule has 6 nitrogen and oxygen atoms in total. The molecule has 0 bridgehead atoms. The van der Waals surface area contributed by atoms with E-state index in [4.69, 9.17) is 26.4 Å². The van der Waals surface area contributed by atoms with Crippen molar-refractivity contribution in [1.82, 2.24) is 5.32 Å². The Hall–Kier alpha value is -1.76. The van der Waals surface area contributed by atoms with E-state index in [0.29, 0.717) is 16.3 Å². The van der Waals surface area contributed by atoms with Crippen LogP contribution >= 0.6 is 31.0 Å². The van der Waals surface area contributed by atoms with E-state index >= 15 is 0 Å². The van der Waals surface area contributed by atoms with E-state index in [-0.39, 0.29) is 24.4 Å². The van der Waals surface area contributed by atoms with Crippen LogP contribution in [-0.2, 0) is 18.4 Å². The predicted molar refractivity (Wildman–Crippen MR) is 129 cm³/mol. The molecular formula is C22H26ClN2O4PS. The average molecular weight is 481 g/mol. The Labute approximate surface area is 192 Å². The summed E-state index contributed by atoms with van der Waals surface area (Å²) in [7, 11) is -3.78. The number of hydrogen-bond acceptors (Lipinski definition) is 6. The smallest absolute Gasteiger partial charge is 0.347 e. The molecule has 1 aliphatic heterocycles. The zero-order valence-corrected chi connectivity index (χ0v) is 19.8. The Morgan fingerprint density at radius 3 is 2.61 bits per heavy atom. The molecule has 1 aromatic rings. The third-order valence-electron chi connectivity index (χ3n) is 4.82. The molecule has 1 amide bonds. The van der Waals surface area contributed by atoms with Gasteiger partial charge in [0.05, 0.1) is 13.2 Å². The minimum Gasteiger partial charge on any atom is -0.399 e. The number of carbonyl (C=O) groups excluding carboxylic acids is 1. The first-order valence-electron chi connectivity index (χ1n) is 10.00. The predicted octanol–water partition coefficient (Wildman–Crippen LogP) is 5.30. The van der Waals surface area contributed by atoms with Crippen molar-refractivity contribution >= 4 is 48.6 Å². The van der Waals surface area contributed by atoms with Gasteiger partial charge in [0.1, 0.15) is 0 Å². The summed E-state index contributed by atoms with van der Waals surface area (Å²) in [5.41, 5.74) is 6.82. The van der Waals surface area contributed by atoms with E-state index in [9.17, 15) is 9.36 Å². The van der Waals surface area contributed by atoms with Crippen LogP contribution in [0.3, 0.4) is 0 Å². The summed E-state index contributed by atoms with van der Waals surface area (Å²) in [5.74, 6) is -0.614. The number of allylic oxidation sites excluding steroid dienone is 3. The van der Waals surface area contributed by atoms with Gasteiger partial charge in [-0.1, -0.05) is 35.9 Å². The topological polar surface area (TPSA) is 90.6 Å². The molecule has 0 saturated carbocycles. The lowest BCUT2D eigenvalue weighted by molar-refractivity contribution is -0.119. The molecule has 1 aromatic carbocycles. The molecular weight excluding hydrogens is 455 g/mol. The molecule has 3 rings (SSSR count). The second-order valence-electron chi connectivity index (χ2n) is 6.94. The number of amides is 1. The number of fused-ring (bicyclic) bond motifs is 1. The Kier molecular flexibility index (Phi) is 8.25. The van der Waals surface area contributed by atoms with Crippen LogP contribution in [0.1, 0.15) is 19.4 Å². The molecule has 1 heterocycles. The number of nitrogens with two attached hydrogens (primary N) is 1. The lowest BCUT2D eigenvalue weighted by Gasteiger charge is -2.29. The van der Waals surface area contributed by atoms with Crippen molar-refractivity contribution in [1.29, 1.82) is 0 Å². The van der Waals surface area contributed by atoms with E-state index in [0.717, 1.165) is 5.56 Å². The van der Waals surface area contributed by atoms with Gasteiger partial charge < -0.3 is 20.1 Å². The van der Waals surface area contributed by atoms with Crippen LogP contribution in [0.25, 0.3) is 6.08 Å². The highest BCUT2D eigenvalue weighted by molar-refractivity contribution is 8.03. The number of benzene rings is 1. The van der Waals surface area contributed by atoms with Crippen molar-refractivity contribution in [2.24, 2.45) is 5.92 Å². The monoisotopic (exact) mass is 480 g/mol. The number of nitrogen functional groups attached to an aromatic ring is 1. The van der Waals surface area contributed by atoms with Gasteiger partial charge in [0, 0.05) is 28.1 Å². The molecule has 1 aliphatic carbocycles. The molecule has 3 atom stereocenters. The number of nitrogens with one attached hydrogen (secondary N) is 1. The van der Waals surface area contributed by atoms with Gasteiger partial charge in [-0.15, -0.1) is 11.8 Å². The van der Waals surface area contributed by atoms with Crippen LogP contribution in [0, 0.1) is 5.92 Å². The summed E-state index contributed by atoms with van der Waals surface area (Å²) < 4.78 is 24.8. The Bertz CT molecular complexity index is 964. The van der Waals surface area contributed by atoms with Crippen molar-refractivity contribution in [2.75, 3.05) is 18.9 Å². The number of halogens is 1. The summed E-state index contributed by atoms with van der Waals surface area (Å²) in [6, 6.07) is 7.22. The maximum Gasteiger partial charge on any atom is 0.347 e. The Morgan fingerprint density at radius 1 is 1.29 bits per heavy atom. The van der Waals surface area contributed by atoms with Gasteiger partial charge in [-0.05, 0) is 54.7 Å². The van der Waals surface area contributed by atoms with Crippen molar-refractivity contribution in [3.8, 4) is 0 Å². The van der Waals surface area contributed by atoms with E-state index < -0.39 is 19.2 Å². The van der Waals surface area contributed by atoms with Gasteiger partial charge >= 0.3 is 7.60 Å². The maximum atomic E-state index is 13.7. The van der Waals surface area contributed by atoms with E-state index in [1.54, 1.807) is 43.8 Å². The van der Waals surface area contributed by atoms with Gasteiger partial charge in [0.2, 0.25) is 5.91 Å². The Balaban J connectivity index is 1.88. The van der Waals surface area contributed by atoms with Crippen molar-refractivity contribution in [3.63, 3.8) is 0 Å². The molecule has 0 fully saturated rings. The molecule has 166 valence electrons. The van der Waals surface area contributed by atoms with E-state index in [1.165, 1.54) is 6.20 Å². The minimum atomic E-state index is -3.78. The second kappa shape index (κ2) is 10.7. The third-order valence-corrected chi connectivity index (χ3v) is 8.65. The Morgan fingerprint density at radius 2 is 1.97 bits per heavy atom. The molecule has 31 heavy (non-hydrogen) atoms. The number of rotatable bonds is 9. The summed E-state index contributed by atoms with van der Waals surface area (Å²) in [4.78, 5) is 13.3. The third kappa shape index (κ3) is 5.73. The number of carbonyl (C=O) groups is 1. The highest BCUT2D eigenvalue weighted by atomic mass is 35.5. The van der Waals surface area contributed by atoms with Crippen LogP contribution in [0.2, 0.25) is 0 Å². The molecule has 0 radical (unpaired) electrons. The zero-order valence-electron chi connectivity index (χ0n) is 17.4. The summed E-state index contributed by atoms with van der Waals surface area (Å²) in [6.07, 6.45) is 8.96. The largest absolute Gasteiger partial charge is 0.399 e. The van der Waals surface area contributed by atoms with Crippen molar-refractivity contribution < 1.29 is 18.4 Å². The molecule has 0 spiro atoms. The van der Waals surface area contributed by atoms with Gasteiger partial charge in [0.15, 0.2) is 5.66 Å². The second-order valence-corrected chi connectivity index (χ2v) is 10.5. The fraction of sp³-hybridized carbons (Fsp3) is 0.318. The first kappa shape index (κ1) is 23.9. The minimum absolute atomic E-state index is 0.0924. The molecule has 0 saturated heterocycles. The summed E-state index contributed by atoms with van der Waals surface area (Å²) >= 11 is 7.78. The maximum absolute atomic E-state index is 13.7. The van der Waals surface area contributed by atoms with Crippen LogP contribution in [0.15, 0.2) is 64.7 Å². The average Bonchev–Trinajstić information content (AvgIpc) is 3.12. The lowest BCUT2D eigenvalue weighted by Crippen LogP contribution is -2.36. The standard InChI is InChI=1S/C22H26ClN2O4PS/c1-3-28-30(27,29-4-2)21(19-14-31-20-10-7-16(23)13-18(19)20)22(26)25-12-11-15-5-8-17(24)9-6-15/h5-14,18,20-21H,3-4,24H2,1-2H3,(H,25,26)/b12-11+. The van der Waals surface area contributed by atoms with Gasteiger partial charge in [-0.2, -0.15) is 0 Å². The molecule has 0 aromatic heterocycles. The van der Waals surface area contributed by atoms with Crippen molar-refractivity contribution in [3.05, 3.63) is 70.3 Å². The normalized spacial score (nSPS) is 21.5. The van der Waals surface area contributed by atoms with Gasteiger partial charge in [-0.3, -0.25) is 9.36 Å². The highest BCUT2D eigenvalue weighted by Crippen LogP contribution is 2.59. The first-order valence-corrected chi connectivity index (χ1v) is 12.9. The molecule has 3 N–H and O–H groups in total. The summed E-state index contributed by atoms with van der Waals surface area (Å²) in [5, 5.41) is 5.30. The highest BCUT2D eigenvalue weighted by Gasteiger charge is 2.48. The first-order chi connectivity index (χ1) is 14.9. The fourth-order valence-corrected chi connectivity index (χ4v) is 7.01. The number of thioether (sulfide) groups is 1. The lowest BCUT2D eigenvalue weighted by atomic mass is 9.90. The molecule has 9 heteroatoms. The number of anilines is 1. The fourth-order valence-electron chi connectivity index (χ4n) is 3.46. The SMILES string of the molecule is CCOP(=O)(OCC)C(C(=O)N/C=C/c1ccc(N)cc1)C1=CSC2C=CC(Cl)=CC12. The van der Waals surface area contributed by atoms with Gasteiger partial charge in [-0.25, -0.2) is 0 Å². The van der Waals surface area contributed by atoms with Crippen LogP contribution < -0.4 is 11.1 Å². The van der Waals surface area contributed by atoms with E-state index in [1.807, 2.05) is 35.8 Å². The van der Waals surface area contributed by atoms with E-state index in [2.05, 4.69) is 5.32 Å². The quantitative estimate of drug-likeness (QED) is 0.368.